The number of rotatable bonds is 7. The maximum absolute atomic E-state index is 12.4. The quantitative estimate of drug-likeness (QED) is 0.248. The van der Waals surface area contributed by atoms with E-state index < -0.39 is 35.8 Å². The average Bonchev–Trinajstić information content (AvgIpc) is 2.97. The first-order chi connectivity index (χ1) is 19.1. The minimum atomic E-state index is -1.22. The topological polar surface area (TPSA) is 161 Å². The summed E-state index contributed by atoms with van der Waals surface area (Å²) < 4.78 is 9.70. The van der Waals surface area contributed by atoms with Gasteiger partial charge in [0, 0.05) is 0 Å². The van der Waals surface area contributed by atoms with Crippen LogP contribution in [0.2, 0.25) is 0 Å². The number of benzene rings is 4. The highest BCUT2D eigenvalue weighted by Gasteiger charge is 2.18. The number of hydrogen-bond acceptors (Lipinski definition) is 8. The predicted molar refractivity (Wildman–Crippen MR) is 138 cm³/mol. The Balaban J connectivity index is 1.39. The van der Waals surface area contributed by atoms with E-state index in [1.165, 1.54) is 60.7 Å². The molecule has 0 saturated heterocycles. The molecular weight excluding hydrogens is 520 g/mol. The third-order valence-corrected chi connectivity index (χ3v) is 5.64. The normalized spacial score (nSPS) is 10.3. The number of carboxylic acids is 2. The first kappa shape index (κ1) is 27.1. The van der Waals surface area contributed by atoms with Gasteiger partial charge in [-0.2, -0.15) is 0 Å². The van der Waals surface area contributed by atoms with Gasteiger partial charge >= 0.3 is 35.8 Å². The molecular formula is C30H18O10. The molecule has 0 fully saturated rings. The molecule has 40 heavy (non-hydrogen) atoms. The number of aromatic carboxylic acids is 2. The second-order valence-electron chi connectivity index (χ2n) is 8.28. The van der Waals surface area contributed by atoms with Crippen molar-refractivity contribution in [1.29, 1.82) is 0 Å². The highest BCUT2D eigenvalue weighted by atomic mass is 16.6. The van der Waals surface area contributed by atoms with Crippen molar-refractivity contribution in [3.05, 3.63) is 130 Å². The van der Waals surface area contributed by atoms with E-state index in [-0.39, 0.29) is 33.4 Å². The van der Waals surface area contributed by atoms with E-state index in [0.29, 0.717) is 11.1 Å². The van der Waals surface area contributed by atoms with Gasteiger partial charge in [-0.15, -0.1) is 0 Å². The molecule has 0 heterocycles. The van der Waals surface area contributed by atoms with Crippen LogP contribution in [0.25, 0.3) is 11.1 Å². The van der Waals surface area contributed by atoms with E-state index in [1.807, 2.05) is 0 Å². The SMILES string of the molecule is O=C(O)c1cccc(C(=O)OC(=O)c2ccc(-c3ccc(C(=O)OC(=O)c4cccc(C(=O)O)c4)cc3)cc2)c1. The van der Waals surface area contributed by atoms with Crippen LogP contribution in [0.15, 0.2) is 97.1 Å². The van der Waals surface area contributed by atoms with Crippen molar-refractivity contribution in [3.8, 4) is 11.1 Å². The van der Waals surface area contributed by atoms with Crippen LogP contribution in [0, 0.1) is 0 Å². The average molecular weight is 538 g/mol. The molecule has 0 radical (unpaired) electrons. The van der Waals surface area contributed by atoms with Crippen LogP contribution in [-0.2, 0) is 9.47 Å². The number of hydrogen-bond donors (Lipinski definition) is 2. The second-order valence-corrected chi connectivity index (χ2v) is 8.28. The van der Waals surface area contributed by atoms with Gasteiger partial charge in [-0.1, -0.05) is 36.4 Å². The van der Waals surface area contributed by atoms with Gasteiger partial charge in [-0.25, -0.2) is 28.8 Å². The van der Waals surface area contributed by atoms with Crippen LogP contribution in [0.5, 0.6) is 0 Å². The van der Waals surface area contributed by atoms with Crippen LogP contribution in [0.1, 0.15) is 62.1 Å². The lowest BCUT2D eigenvalue weighted by molar-refractivity contribution is 0.0379. The molecule has 0 atom stereocenters. The molecule has 0 amide bonds. The Morgan fingerprint density at radius 3 is 1.02 bits per heavy atom. The lowest BCUT2D eigenvalue weighted by atomic mass is 10.0. The van der Waals surface area contributed by atoms with Crippen molar-refractivity contribution in [2.75, 3.05) is 0 Å². The Hall–Kier alpha value is -5.90. The Labute approximate surface area is 226 Å². The summed E-state index contributed by atoms with van der Waals surface area (Å²) in [6.45, 7) is 0. The van der Waals surface area contributed by atoms with E-state index in [4.69, 9.17) is 19.7 Å². The molecule has 0 aliphatic rings. The number of carbonyl (C=O) groups excluding carboxylic acids is 4. The molecule has 0 unspecified atom stereocenters. The van der Waals surface area contributed by atoms with E-state index in [1.54, 1.807) is 24.3 Å². The smallest absolute Gasteiger partial charge is 0.346 e. The molecule has 0 aliphatic heterocycles. The van der Waals surface area contributed by atoms with Crippen molar-refractivity contribution in [2.45, 2.75) is 0 Å². The van der Waals surface area contributed by atoms with E-state index in [2.05, 4.69) is 0 Å². The lowest BCUT2D eigenvalue weighted by Gasteiger charge is -2.07. The van der Waals surface area contributed by atoms with Crippen molar-refractivity contribution in [1.82, 2.24) is 0 Å². The molecule has 4 aromatic rings. The molecule has 0 spiro atoms. The summed E-state index contributed by atoms with van der Waals surface area (Å²) in [6, 6.07) is 22.3. The zero-order valence-corrected chi connectivity index (χ0v) is 20.4. The summed E-state index contributed by atoms with van der Waals surface area (Å²) in [7, 11) is 0. The monoisotopic (exact) mass is 538 g/mol. The summed E-state index contributed by atoms with van der Waals surface area (Å²) in [5, 5.41) is 18.1. The van der Waals surface area contributed by atoms with Crippen molar-refractivity contribution >= 4 is 35.8 Å². The Kier molecular flexibility index (Phi) is 7.91. The molecule has 4 rings (SSSR count). The maximum atomic E-state index is 12.4. The van der Waals surface area contributed by atoms with Crippen molar-refractivity contribution in [2.24, 2.45) is 0 Å². The fourth-order valence-corrected chi connectivity index (χ4v) is 3.56. The van der Waals surface area contributed by atoms with Gasteiger partial charge in [0.25, 0.3) is 0 Å². The lowest BCUT2D eigenvalue weighted by Crippen LogP contribution is -2.13. The Morgan fingerprint density at radius 1 is 0.400 bits per heavy atom. The van der Waals surface area contributed by atoms with Gasteiger partial charge in [0.15, 0.2) is 0 Å². The van der Waals surface area contributed by atoms with Gasteiger partial charge in [0.1, 0.15) is 0 Å². The largest absolute Gasteiger partial charge is 0.478 e. The van der Waals surface area contributed by atoms with Gasteiger partial charge in [0.05, 0.1) is 33.4 Å². The summed E-state index contributed by atoms with van der Waals surface area (Å²) in [4.78, 5) is 71.4. The fraction of sp³-hybridized carbons (Fsp3) is 0. The van der Waals surface area contributed by atoms with Crippen molar-refractivity contribution in [3.63, 3.8) is 0 Å². The second kappa shape index (κ2) is 11.7. The highest BCUT2D eigenvalue weighted by Crippen LogP contribution is 2.22. The first-order valence-electron chi connectivity index (χ1n) is 11.5. The summed E-state index contributed by atoms with van der Waals surface area (Å²) in [5.74, 6) is -6.28. The molecule has 198 valence electrons. The Bertz CT molecular complexity index is 1530. The number of carbonyl (C=O) groups is 6. The van der Waals surface area contributed by atoms with Gasteiger partial charge in [0.2, 0.25) is 0 Å². The number of esters is 4. The van der Waals surface area contributed by atoms with Crippen LogP contribution in [0.4, 0.5) is 0 Å². The van der Waals surface area contributed by atoms with E-state index in [0.717, 1.165) is 12.1 Å². The summed E-state index contributed by atoms with van der Waals surface area (Å²) in [6.07, 6.45) is 0. The molecule has 0 bridgehead atoms. The molecule has 10 heteroatoms. The third kappa shape index (κ3) is 6.32. The minimum absolute atomic E-state index is 0.0807. The van der Waals surface area contributed by atoms with Crippen LogP contribution in [0.3, 0.4) is 0 Å². The predicted octanol–water partition coefficient (Wildman–Crippen LogP) is 4.74. The molecule has 0 aliphatic carbocycles. The van der Waals surface area contributed by atoms with Crippen LogP contribution >= 0.6 is 0 Å². The standard InChI is InChI=1S/C30H18O10/c31-25(32)21-3-1-5-23(15-21)29(37)39-27(35)19-11-7-17(8-12-19)18-9-13-20(14-10-18)28(36)40-30(38)24-6-2-4-22(16-24)26(33)34/h1-16H,(H,31,32)(H,33,34). The Morgan fingerprint density at radius 2 is 0.700 bits per heavy atom. The van der Waals surface area contributed by atoms with Gasteiger partial charge in [-0.3, -0.25) is 0 Å². The zero-order chi connectivity index (χ0) is 28.8. The minimum Gasteiger partial charge on any atom is -0.478 e. The van der Waals surface area contributed by atoms with Crippen LogP contribution in [-0.4, -0.2) is 46.0 Å². The van der Waals surface area contributed by atoms with Crippen molar-refractivity contribution < 1.29 is 48.5 Å². The maximum Gasteiger partial charge on any atom is 0.346 e. The molecule has 0 saturated carbocycles. The van der Waals surface area contributed by atoms with Crippen LogP contribution < -0.4 is 0 Å². The van der Waals surface area contributed by atoms with Gasteiger partial charge < -0.3 is 19.7 Å². The number of carboxylic acid groups (broad SMARTS) is 2. The third-order valence-electron chi connectivity index (χ3n) is 5.64. The zero-order valence-electron chi connectivity index (χ0n) is 20.4. The first-order valence-corrected chi connectivity index (χ1v) is 11.5. The molecule has 0 aromatic heterocycles. The molecule has 10 nitrogen and oxygen atoms in total. The summed E-state index contributed by atoms with van der Waals surface area (Å²) in [5.41, 5.74) is 1.08. The fourth-order valence-electron chi connectivity index (χ4n) is 3.56. The summed E-state index contributed by atoms with van der Waals surface area (Å²) >= 11 is 0. The molecule has 2 N–H and O–H groups in total. The number of ether oxygens (including phenoxy) is 2. The van der Waals surface area contributed by atoms with E-state index >= 15 is 0 Å². The molecule has 4 aromatic carbocycles. The van der Waals surface area contributed by atoms with E-state index in [9.17, 15) is 28.8 Å². The highest BCUT2D eigenvalue weighted by molar-refractivity contribution is 6.04. The van der Waals surface area contributed by atoms with Gasteiger partial charge in [-0.05, 0) is 71.8 Å².